The quantitative estimate of drug-likeness (QED) is 0.515. The second kappa shape index (κ2) is 8.95. The lowest BCUT2D eigenvalue weighted by Crippen LogP contribution is -2.34. The highest BCUT2D eigenvalue weighted by molar-refractivity contribution is 7.92. The minimum atomic E-state index is -3.84. The molecule has 0 spiro atoms. The number of halogens is 1. The van der Waals surface area contributed by atoms with E-state index in [1.54, 1.807) is 30.3 Å². The molecule has 0 atom stereocenters. The fourth-order valence-electron chi connectivity index (χ4n) is 2.23. The van der Waals surface area contributed by atoms with Crippen LogP contribution in [0.1, 0.15) is 10.4 Å². The Balaban J connectivity index is 1.63. The van der Waals surface area contributed by atoms with Crippen molar-refractivity contribution in [1.29, 1.82) is 0 Å². The lowest BCUT2D eigenvalue weighted by molar-refractivity contribution is 0.0978. The van der Waals surface area contributed by atoms with Crippen LogP contribution in [-0.4, -0.2) is 29.4 Å². The van der Waals surface area contributed by atoms with Crippen molar-refractivity contribution in [3.8, 4) is 0 Å². The Morgan fingerprint density at radius 1 is 0.966 bits per heavy atom. The van der Waals surface area contributed by atoms with E-state index in [4.69, 9.17) is 23.8 Å². The summed E-state index contributed by atoms with van der Waals surface area (Å²) in [4.78, 5) is 19.9. The minimum Gasteiger partial charge on any atom is -0.332 e. The summed E-state index contributed by atoms with van der Waals surface area (Å²) >= 11 is 11.1. The maximum Gasteiger partial charge on any atom is 0.264 e. The first kappa shape index (κ1) is 20.6. The molecule has 0 unspecified atom stereocenters. The van der Waals surface area contributed by atoms with Gasteiger partial charge in [-0.05, 0) is 54.7 Å². The monoisotopic (exact) mass is 447 g/mol. The van der Waals surface area contributed by atoms with E-state index in [2.05, 4.69) is 25.3 Å². The number of benzene rings is 2. The third-order valence-corrected chi connectivity index (χ3v) is 5.44. The topological polar surface area (TPSA) is 113 Å². The van der Waals surface area contributed by atoms with Crippen molar-refractivity contribution in [2.24, 2.45) is 0 Å². The fourth-order valence-corrected chi connectivity index (χ4v) is 3.62. The van der Waals surface area contributed by atoms with Gasteiger partial charge in [-0.3, -0.25) is 10.1 Å². The Morgan fingerprint density at radius 3 is 2.28 bits per heavy atom. The molecule has 11 heteroatoms. The van der Waals surface area contributed by atoms with Crippen molar-refractivity contribution in [2.75, 3.05) is 10.0 Å². The molecule has 1 aromatic heterocycles. The molecule has 0 radical (unpaired) electrons. The summed E-state index contributed by atoms with van der Waals surface area (Å²) in [5.41, 5.74) is 0.776. The second-order valence-electron chi connectivity index (χ2n) is 5.59. The van der Waals surface area contributed by atoms with E-state index >= 15 is 0 Å². The molecule has 3 rings (SSSR count). The maximum absolute atomic E-state index is 12.4. The first-order chi connectivity index (χ1) is 13.8. The van der Waals surface area contributed by atoms with Crippen LogP contribution in [-0.2, 0) is 10.0 Å². The number of hydrogen-bond acceptors (Lipinski definition) is 6. The van der Waals surface area contributed by atoms with Crippen molar-refractivity contribution < 1.29 is 13.2 Å². The Labute approximate surface area is 177 Å². The molecular formula is C18H14ClN5O3S2. The molecule has 29 heavy (non-hydrogen) atoms. The van der Waals surface area contributed by atoms with Gasteiger partial charge in [0.25, 0.3) is 15.9 Å². The Kier molecular flexibility index (Phi) is 6.37. The molecular weight excluding hydrogens is 434 g/mol. The Bertz CT molecular complexity index is 1140. The van der Waals surface area contributed by atoms with Crippen LogP contribution >= 0.6 is 23.8 Å². The molecule has 8 nitrogen and oxygen atoms in total. The number of aromatic nitrogens is 2. The zero-order chi connectivity index (χ0) is 20.9. The number of nitrogens with one attached hydrogen (secondary N) is 3. The van der Waals surface area contributed by atoms with E-state index in [0.29, 0.717) is 10.7 Å². The molecule has 0 bridgehead atoms. The molecule has 1 heterocycles. The van der Waals surface area contributed by atoms with E-state index in [1.807, 2.05) is 0 Å². The van der Waals surface area contributed by atoms with Crippen molar-refractivity contribution in [3.63, 3.8) is 0 Å². The highest BCUT2D eigenvalue weighted by Crippen LogP contribution is 2.17. The standard InChI is InChI=1S/C18H14ClN5O3S2/c19-15-5-2-1-4-14(15)16(25)23-18(28)22-12-6-8-13(9-7-12)29(26,27)24-17-20-10-3-11-21-17/h1-11H,(H,20,21,24)(H2,22,23,25,28). The van der Waals surface area contributed by atoms with E-state index < -0.39 is 15.9 Å². The SMILES string of the molecule is O=C(NC(=S)Nc1ccc(S(=O)(=O)Nc2ncccn2)cc1)c1ccccc1Cl. The van der Waals surface area contributed by atoms with Crippen molar-refractivity contribution >= 4 is 56.5 Å². The smallest absolute Gasteiger partial charge is 0.264 e. The normalized spacial score (nSPS) is 10.8. The number of carbonyl (C=O) groups excluding carboxylic acids is 1. The third-order valence-electron chi connectivity index (χ3n) is 3.56. The highest BCUT2D eigenvalue weighted by atomic mass is 35.5. The van der Waals surface area contributed by atoms with Crippen molar-refractivity contribution in [2.45, 2.75) is 4.90 Å². The van der Waals surface area contributed by atoms with Gasteiger partial charge in [0.1, 0.15) is 0 Å². The molecule has 3 N–H and O–H groups in total. The number of rotatable bonds is 5. The van der Waals surface area contributed by atoms with E-state index in [0.717, 1.165) is 0 Å². The predicted octanol–water partition coefficient (Wildman–Crippen LogP) is 3.06. The average molecular weight is 448 g/mol. The number of sulfonamides is 1. The van der Waals surface area contributed by atoms with Crippen LogP contribution in [0.15, 0.2) is 71.9 Å². The van der Waals surface area contributed by atoms with Gasteiger partial charge in [0, 0.05) is 18.1 Å². The summed E-state index contributed by atoms with van der Waals surface area (Å²) in [7, 11) is -3.84. The van der Waals surface area contributed by atoms with Crippen molar-refractivity contribution in [3.05, 3.63) is 77.6 Å². The van der Waals surface area contributed by atoms with Crippen LogP contribution < -0.4 is 15.4 Å². The predicted molar refractivity (Wildman–Crippen MR) is 114 cm³/mol. The fraction of sp³-hybridized carbons (Fsp3) is 0. The minimum absolute atomic E-state index is 0.0153. The molecule has 0 saturated heterocycles. The molecule has 148 valence electrons. The van der Waals surface area contributed by atoms with E-state index in [-0.39, 0.29) is 21.5 Å². The molecule has 0 aliphatic carbocycles. The van der Waals surface area contributed by atoms with Gasteiger partial charge >= 0.3 is 0 Å². The summed E-state index contributed by atoms with van der Waals surface area (Å²) in [5.74, 6) is -0.488. The van der Waals surface area contributed by atoms with Crippen LogP contribution in [0, 0.1) is 0 Å². The summed E-state index contributed by atoms with van der Waals surface area (Å²) in [6.07, 6.45) is 2.85. The van der Waals surface area contributed by atoms with Crippen LogP contribution in [0.2, 0.25) is 5.02 Å². The Morgan fingerprint density at radius 2 is 1.62 bits per heavy atom. The molecule has 1 amide bonds. The van der Waals surface area contributed by atoms with Crippen LogP contribution in [0.25, 0.3) is 0 Å². The van der Waals surface area contributed by atoms with Gasteiger partial charge in [-0.15, -0.1) is 0 Å². The van der Waals surface area contributed by atoms with Gasteiger partial charge < -0.3 is 5.32 Å². The van der Waals surface area contributed by atoms with Gasteiger partial charge in [-0.1, -0.05) is 23.7 Å². The number of nitrogens with zero attached hydrogens (tertiary/aromatic N) is 2. The lowest BCUT2D eigenvalue weighted by Gasteiger charge is -2.11. The zero-order valence-corrected chi connectivity index (χ0v) is 17.1. The first-order valence-electron chi connectivity index (χ1n) is 8.12. The van der Waals surface area contributed by atoms with Gasteiger partial charge in [0.15, 0.2) is 5.11 Å². The zero-order valence-electron chi connectivity index (χ0n) is 14.7. The van der Waals surface area contributed by atoms with Gasteiger partial charge in [-0.25, -0.2) is 23.1 Å². The van der Waals surface area contributed by atoms with Gasteiger partial charge in [-0.2, -0.15) is 0 Å². The molecule has 0 aliphatic rings. The summed E-state index contributed by atoms with van der Waals surface area (Å²) in [5, 5.41) is 5.67. The lowest BCUT2D eigenvalue weighted by atomic mass is 10.2. The number of carbonyl (C=O) groups is 1. The molecule has 0 saturated carbocycles. The average Bonchev–Trinajstić information content (AvgIpc) is 2.69. The first-order valence-corrected chi connectivity index (χ1v) is 10.4. The number of amides is 1. The van der Waals surface area contributed by atoms with E-state index in [1.165, 1.54) is 36.7 Å². The number of thiocarbonyl (C=S) groups is 1. The van der Waals surface area contributed by atoms with Gasteiger partial charge in [0.05, 0.1) is 15.5 Å². The molecule has 0 fully saturated rings. The summed E-state index contributed by atoms with van der Waals surface area (Å²) in [6.45, 7) is 0. The molecule has 0 aliphatic heterocycles. The summed E-state index contributed by atoms with van der Waals surface area (Å²) < 4.78 is 27.0. The second-order valence-corrected chi connectivity index (χ2v) is 8.09. The maximum atomic E-state index is 12.4. The highest BCUT2D eigenvalue weighted by Gasteiger charge is 2.16. The summed E-state index contributed by atoms with van der Waals surface area (Å²) in [6, 6.07) is 13.9. The number of hydrogen-bond donors (Lipinski definition) is 3. The van der Waals surface area contributed by atoms with E-state index in [9.17, 15) is 13.2 Å². The Hall–Kier alpha value is -3.08. The van der Waals surface area contributed by atoms with Crippen LogP contribution in [0.3, 0.4) is 0 Å². The van der Waals surface area contributed by atoms with Crippen molar-refractivity contribution in [1.82, 2.24) is 15.3 Å². The number of anilines is 2. The van der Waals surface area contributed by atoms with Crippen LogP contribution in [0.5, 0.6) is 0 Å². The van der Waals surface area contributed by atoms with Gasteiger partial charge in [0.2, 0.25) is 5.95 Å². The molecule has 3 aromatic rings. The third kappa shape index (κ3) is 5.47. The largest absolute Gasteiger partial charge is 0.332 e. The van der Waals surface area contributed by atoms with Crippen LogP contribution in [0.4, 0.5) is 11.6 Å². The molecule has 2 aromatic carbocycles.